The monoisotopic (exact) mass is 381 g/mol. The zero-order valence-corrected chi connectivity index (χ0v) is 15.8. The first-order valence-corrected chi connectivity index (χ1v) is 9.37. The summed E-state index contributed by atoms with van der Waals surface area (Å²) >= 11 is 0. The highest BCUT2D eigenvalue weighted by molar-refractivity contribution is 6.04. The van der Waals surface area contributed by atoms with Gasteiger partial charge in [-0.05, 0) is 31.9 Å². The molecule has 1 atom stereocenters. The summed E-state index contributed by atoms with van der Waals surface area (Å²) < 4.78 is 12.3. The van der Waals surface area contributed by atoms with Crippen molar-refractivity contribution in [3.05, 3.63) is 41.6 Å². The van der Waals surface area contributed by atoms with Crippen molar-refractivity contribution in [1.29, 1.82) is 5.26 Å². The van der Waals surface area contributed by atoms with Gasteiger partial charge in [0.25, 0.3) is 5.91 Å². The van der Waals surface area contributed by atoms with Crippen molar-refractivity contribution >= 4 is 28.9 Å². The minimum absolute atomic E-state index is 0.00962. The Kier molecular flexibility index (Phi) is 6.45. The molecule has 0 unspecified atom stereocenters. The van der Waals surface area contributed by atoms with E-state index in [4.69, 9.17) is 9.47 Å². The molecule has 0 aliphatic carbocycles. The standard InChI is InChI=1S/C21H23N3O4/c1-2-27-20(25)14-24-13-16(18-7-3-4-8-19(18)24)10-15(11-22)21(26)23-12-17-6-5-9-28-17/h3-4,7-8,10,13,17H,2,5-6,9,12,14H2,1H3,(H,23,26)/b15-10+/t17-/m0/s1. The number of carbonyl (C=O) groups excluding carboxylic acids is 2. The normalized spacial score (nSPS) is 16.7. The second-order valence-corrected chi connectivity index (χ2v) is 6.55. The fourth-order valence-electron chi connectivity index (χ4n) is 3.28. The lowest BCUT2D eigenvalue weighted by Crippen LogP contribution is -2.32. The molecule has 28 heavy (non-hydrogen) atoms. The Labute approximate surface area is 163 Å². The quantitative estimate of drug-likeness (QED) is 0.452. The summed E-state index contributed by atoms with van der Waals surface area (Å²) in [6, 6.07) is 9.49. The molecule has 0 radical (unpaired) electrons. The summed E-state index contributed by atoms with van der Waals surface area (Å²) in [6.45, 7) is 3.24. The number of rotatable bonds is 7. The molecule has 1 aliphatic rings. The summed E-state index contributed by atoms with van der Waals surface area (Å²) in [4.78, 5) is 24.3. The van der Waals surface area contributed by atoms with E-state index in [1.807, 2.05) is 30.3 Å². The van der Waals surface area contributed by atoms with Gasteiger partial charge in [0.1, 0.15) is 18.2 Å². The largest absolute Gasteiger partial charge is 0.465 e. The van der Waals surface area contributed by atoms with Crippen LogP contribution in [0.1, 0.15) is 25.3 Å². The highest BCUT2D eigenvalue weighted by atomic mass is 16.5. The van der Waals surface area contributed by atoms with E-state index in [0.717, 1.165) is 23.7 Å². The van der Waals surface area contributed by atoms with Crippen LogP contribution in [-0.2, 0) is 25.6 Å². The molecule has 1 aromatic carbocycles. The Bertz CT molecular complexity index is 933. The van der Waals surface area contributed by atoms with E-state index in [1.54, 1.807) is 23.8 Å². The zero-order valence-electron chi connectivity index (χ0n) is 15.8. The highest BCUT2D eigenvalue weighted by Crippen LogP contribution is 2.24. The van der Waals surface area contributed by atoms with Gasteiger partial charge in [0.05, 0.1) is 12.7 Å². The maximum absolute atomic E-state index is 12.4. The third kappa shape index (κ3) is 4.59. The zero-order chi connectivity index (χ0) is 19.9. The number of benzene rings is 1. The van der Waals surface area contributed by atoms with Crippen molar-refractivity contribution in [3.63, 3.8) is 0 Å². The first-order chi connectivity index (χ1) is 13.6. The van der Waals surface area contributed by atoms with Crippen LogP contribution < -0.4 is 5.32 Å². The fraction of sp³-hybridized carbons (Fsp3) is 0.381. The van der Waals surface area contributed by atoms with Gasteiger partial charge in [-0.2, -0.15) is 5.26 Å². The summed E-state index contributed by atoms with van der Waals surface area (Å²) in [5.41, 5.74) is 1.54. The second kappa shape index (κ2) is 9.20. The smallest absolute Gasteiger partial charge is 0.325 e. The number of nitrogens with zero attached hydrogens (tertiary/aromatic N) is 2. The minimum Gasteiger partial charge on any atom is -0.465 e. The van der Waals surface area contributed by atoms with Gasteiger partial charge in [0.15, 0.2) is 0 Å². The molecule has 3 rings (SSSR count). The van der Waals surface area contributed by atoms with E-state index in [-0.39, 0.29) is 24.2 Å². The molecular weight excluding hydrogens is 358 g/mol. The number of amides is 1. The average Bonchev–Trinajstić information content (AvgIpc) is 3.33. The molecule has 146 valence electrons. The molecule has 1 aliphatic heterocycles. The van der Waals surface area contributed by atoms with Crippen molar-refractivity contribution in [2.24, 2.45) is 0 Å². The fourth-order valence-corrected chi connectivity index (χ4v) is 3.28. The van der Waals surface area contributed by atoms with Gasteiger partial charge in [-0.3, -0.25) is 9.59 Å². The number of carbonyl (C=O) groups is 2. The Morgan fingerprint density at radius 1 is 1.43 bits per heavy atom. The number of hydrogen-bond acceptors (Lipinski definition) is 5. The molecule has 1 aromatic heterocycles. The highest BCUT2D eigenvalue weighted by Gasteiger charge is 2.18. The number of esters is 1. The van der Waals surface area contributed by atoms with E-state index < -0.39 is 5.91 Å². The Morgan fingerprint density at radius 3 is 2.96 bits per heavy atom. The summed E-state index contributed by atoms with van der Waals surface area (Å²) in [5, 5.41) is 13.1. The van der Waals surface area contributed by atoms with E-state index in [9.17, 15) is 14.9 Å². The van der Waals surface area contributed by atoms with Gasteiger partial charge in [0.2, 0.25) is 0 Å². The van der Waals surface area contributed by atoms with Crippen LogP contribution in [0.25, 0.3) is 17.0 Å². The van der Waals surface area contributed by atoms with Crippen LogP contribution in [0.15, 0.2) is 36.0 Å². The average molecular weight is 381 g/mol. The molecule has 7 nitrogen and oxygen atoms in total. The Hall–Kier alpha value is -3.11. The van der Waals surface area contributed by atoms with Crippen molar-refractivity contribution < 1.29 is 19.1 Å². The molecule has 1 fully saturated rings. The summed E-state index contributed by atoms with van der Waals surface area (Å²) in [7, 11) is 0. The Balaban J connectivity index is 1.83. The number of nitrogens with one attached hydrogen (secondary N) is 1. The summed E-state index contributed by atoms with van der Waals surface area (Å²) in [5.74, 6) is -0.770. The van der Waals surface area contributed by atoms with Crippen molar-refractivity contribution in [2.75, 3.05) is 19.8 Å². The predicted molar refractivity (Wildman–Crippen MR) is 104 cm³/mol. The van der Waals surface area contributed by atoms with Crippen molar-refractivity contribution in [1.82, 2.24) is 9.88 Å². The van der Waals surface area contributed by atoms with Crippen molar-refractivity contribution in [3.8, 4) is 6.07 Å². The van der Waals surface area contributed by atoms with E-state index >= 15 is 0 Å². The van der Waals surface area contributed by atoms with Crippen LogP contribution in [0.3, 0.4) is 0 Å². The second-order valence-electron chi connectivity index (χ2n) is 6.55. The van der Waals surface area contributed by atoms with Gasteiger partial charge in [-0.25, -0.2) is 0 Å². The SMILES string of the molecule is CCOC(=O)Cn1cc(/C=C(\C#N)C(=O)NC[C@@H]2CCCO2)c2ccccc21. The predicted octanol–water partition coefficient (Wildman–Crippen LogP) is 2.41. The minimum atomic E-state index is -0.430. The van der Waals surface area contributed by atoms with Crippen LogP contribution >= 0.6 is 0 Å². The van der Waals surface area contributed by atoms with E-state index in [2.05, 4.69) is 5.32 Å². The molecule has 0 bridgehead atoms. The molecule has 0 spiro atoms. The number of hydrogen-bond donors (Lipinski definition) is 1. The lowest BCUT2D eigenvalue weighted by molar-refractivity contribution is -0.143. The molecule has 1 N–H and O–H groups in total. The van der Waals surface area contributed by atoms with Gasteiger partial charge in [-0.1, -0.05) is 18.2 Å². The van der Waals surface area contributed by atoms with E-state index in [1.165, 1.54) is 0 Å². The molecule has 2 heterocycles. The van der Waals surface area contributed by atoms with Crippen molar-refractivity contribution in [2.45, 2.75) is 32.4 Å². The maximum atomic E-state index is 12.4. The number of nitriles is 1. The van der Waals surface area contributed by atoms with Crippen LogP contribution in [0.4, 0.5) is 0 Å². The summed E-state index contributed by atoms with van der Waals surface area (Å²) in [6.07, 6.45) is 5.21. The Morgan fingerprint density at radius 2 is 2.25 bits per heavy atom. The number of ether oxygens (including phenoxy) is 2. The number of para-hydroxylation sites is 1. The first-order valence-electron chi connectivity index (χ1n) is 9.37. The third-order valence-electron chi connectivity index (χ3n) is 4.60. The van der Waals surface area contributed by atoms with E-state index in [0.29, 0.717) is 25.3 Å². The molecule has 0 saturated carbocycles. The lowest BCUT2D eigenvalue weighted by atomic mass is 10.1. The van der Waals surface area contributed by atoms with Crippen LogP contribution in [0, 0.1) is 11.3 Å². The van der Waals surface area contributed by atoms with Gasteiger partial charge < -0.3 is 19.4 Å². The lowest BCUT2D eigenvalue weighted by Gasteiger charge is -2.10. The van der Waals surface area contributed by atoms with Gasteiger partial charge in [0, 0.05) is 35.8 Å². The van der Waals surface area contributed by atoms with Gasteiger partial charge in [-0.15, -0.1) is 0 Å². The van der Waals surface area contributed by atoms with Crippen LogP contribution in [0.2, 0.25) is 0 Å². The first kappa shape index (κ1) is 19.6. The van der Waals surface area contributed by atoms with Crippen LogP contribution in [-0.4, -0.2) is 42.3 Å². The number of fused-ring (bicyclic) bond motifs is 1. The molecule has 7 heteroatoms. The number of aromatic nitrogens is 1. The molecule has 2 aromatic rings. The molecular formula is C21H23N3O4. The maximum Gasteiger partial charge on any atom is 0.325 e. The van der Waals surface area contributed by atoms with Gasteiger partial charge >= 0.3 is 5.97 Å². The topological polar surface area (TPSA) is 93.4 Å². The van der Waals surface area contributed by atoms with Crippen LogP contribution in [0.5, 0.6) is 0 Å². The molecule has 1 saturated heterocycles. The third-order valence-corrected chi connectivity index (χ3v) is 4.60. The molecule has 1 amide bonds.